The molecule has 4 rings (SSSR count). The molecule has 35 heavy (non-hydrogen) atoms. The Morgan fingerprint density at radius 3 is 2.14 bits per heavy atom. The topological polar surface area (TPSA) is 52.6 Å². The maximum Gasteiger partial charge on any atom is 0.311 e. The summed E-state index contributed by atoms with van der Waals surface area (Å²) >= 11 is 0. The molecule has 4 aliphatic rings. The van der Waals surface area contributed by atoms with E-state index in [1.54, 1.807) is 0 Å². The van der Waals surface area contributed by atoms with Crippen molar-refractivity contribution in [3.8, 4) is 0 Å². The Kier molecular flexibility index (Phi) is 6.78. The number of esters is 1. The molecule has 0 spiro atoms. The number of fused-ring (bicyclic) bond motifs is 5. The van der Waals surface area contributed by atoms with Crippen molar-refractivity contribution < 1.29 is 18.8 Å². The average molecular weight is 505 g/mol. The normalized spacial score (nSPS) is 42.2. The number of hydrogen-bond donors (Lipinski definition) is 0. The van der Waals surface area contributed by atoms with E-state index in [9.17, 15) is 9.59 Å². The number of rotatable bonds is 3. The van der Waals surface area contributed by atoms with Crippen LogP contribution < -0.4 is 0 Å². The van der Waals surface area contributed by atoms with Gasteiger partial charge in [0.2, 0.25) is 0 Å². The maximum absolute atomic E-state index is 12.8. The Balaban J connectivity index is 1.64. The third-order valence-corrected chi connectivity index (χ3v) is 16.0. The molecule has 0 bridgehead atoms. The number of hydrogen-bond acceptors (Lipinski definition) is 4. The number of ether oxygens (including phenoxy) is 1. The van der Waals surface area contributed by atoms with Crippen LogP contribution in [0.25, 0.3) is 0 Å². The molecule has 0 amide bonds. The summed E-state index contributed by atoms with van der Waals surface area (Å²) in [5, 5.41) is 0.152. The van der Waals surface area contributed by atoms with Crippen molar-refractivity contribution in [2.24, 2.45) is 39.9 Å². The minimum atomic E-state index is -1.97. The summed E-state index contributed by atoms with van der Waals surface area (Å²) in [5.74, 6) is 2.53. The molecular formula is C30H52O4Si. The zero-order valence-corrected chi connectivity index (χ0v) is 25.3. The minimum absolute atomic E-state index is 0.0263. The van der Waals surface area contributed by atoms with E-state index in [0.717, 1.165) is 38.5 Å². The van der Waals surface area contributed by atoms with Crippen LogP contribution in [0.1, 0.15) is 107 Å². The molecule has 4 saturated carbocycles. The van der Waals surface area contributed by atoms with E-state index in [-0.39, 0.29) is 34.0 Å². The van der Waals surface area contributed by atoms with Crippen molar-refractivity contribution in [3.05, 3.63) is 0 Å². The first-order valence-corrected chi connectivity index (χ1v) is 17.2. The predicted octanol–water partition coefficient (Wildman–Crippen LogP) is 7.56. The molecule has 8 atom stereocenters. The monoisotopic (exact) mass is 504 g/mol. The van der Waals surface area contributed by atoms with Gasteiger partial charge in [0.25, 0.3) is 0 Å². The standard InChI is InChI=1S/C30H52O4Si/c1-27(2,3)26(32)33-25-12-11-21-20-18-24(34-35(9,10)28(4,5)6)23-17-19(31)13-15-29(23,7)22(20)14-16-30(21,25)8/h20-25H,11-18H2,1-10H3/t20-,21-,22-,23+,24-,25-,29+,30-/m0/s1. The fourth-order valence-corrected chi connectivity index (χ4v) is 9.57. The summed E-state index contributed by atoms with van der Waals surface area (Å²) in [4.78, 5) is 25.5. The van der Waals surface area contributed by atoms with Gasteiger partial charge in [0.05, 0.1) is 5.41 Å². The first kappa shape index (κ1) is 27.4. The summed E-state index contributed by atoms with van der Waals surface area (Å²) in [6.45, 7) is 22.5. The quantitative estimate of drug-likeness (QED) is 0.294. The smallest absolute Gasteiger partial charge is 0.311 e. The number of Topliss-reactive ketones (excluding diaryl/α,β-unsaturated/α-hetero) is 1. The van der Waals surface area contributed by atoms with Crippen LogP contribution in [-0.4, -0.2) is 32.3 Å². The summed E-state index contributed by atoms with van der Waals surface area (Å²) in [6, 6.07) is 0. The van der Waals surface area contributed by atoms with Gasteiger partial charge in [-0.2, -0.15) is 0 Å². The van der Waals surface area contributed by atoms with Gasteiger partial charge in [-0.15, -0.1) is 0 Å². The minimum Gasteiger partial charge on any atom is -0.461 e. The Hall–Kier alpha value is -0.683. The van der Waals surface area contributed by atoms with Gasteiger partial charge < -0.3 is 9.16 Å². The van der Waals surface area contributed by atoms with E-state index in [2.05, 4.69) is 47.7 Å². The molecule has 0 aromatic heterocycles. The van der Waals surface area contributed by atoms with Crippen LogP contribution in [-0.2, 0) is 18.8 Å². The Morgan fingerprint density at radius 1 is 0.914 bits per heavy atom. The average Bonchev–Trinajstić information content (AvgIpc) is 3.04. The number of carbonyl (C=O) groups is 2. The highest BCUT2D eigenvalue weighted by atomic mass is 28.4. The SMILES string of the molecule is CC(C)(C)C(=O)O[C@H]1CC[C@H]2[C@@H]3C[C@H](O[Si](C)(C)C(C)(C)C)[C@H]4CC(=O)CC[C@]4(C)[C@H]3CC[C@]12C. The summed E-state index contributed by atoms with van der Waals surface area (Å²) in [7, 11) is -1.97. The van der Waals surface area contributed by atoms with Gasteiger partial charge in [-0.25, -0.2) is 0 Å². The van der Waals surface area contributed by atoms with E-state index >= 15 is 0 Å². The van der Waals surface area contributed by atoms with Gasteiger partial charge in [-0.1, -0.05) is 34.6 Å². The van der Waals surface area contributed by atoms with Crippen LogP contribution in [0, 0.1) is 39.9 Å². The first-order chi connectivity index (χ1) is 15.9. The zero-order chi connectivity index (χ0) is 26.2. The summed E-state index contributed by atoms with van der Waals surface area (Å²) in [5.41, 5.74) is -0.240. The van der Waals surface area contributed by atoms with Crippen LogP contribution in [0.5, 0.6) is 0 Å². The van der Waals surface area contributed by atoms with Crippen LogP contribution >= 0.6 is 0 Å². The molecule has 0 N–H and O–H groups in total. The number of carbonyl (C=O) groups excluding carboxylic acids is 2. The highest BCUT2D eigenvalue weighted by molar-refractivity contribution is 6.74. The second kappa shape index (κ2) is 8.68. The fraction of sp³-hybridized carbons (Fsp3) is 0.933. The van der Waals surface area contributed by atoms with Crippen LogP contribution in [0.3, 0.4) is 0 Å². The van der Waals surface area contributed by atoms with E-state index in [1.807, 2.05) is 20.8 Å². The summed E-state index contributed by atoms with van der Waals surface area (Å²) < 4.78 is 13.4. The third-order valence-electron chi connectivity index (χ3n) is 11.5. The molecule has 0 saturated heterocycles. The van der Waals surface area contributed by atoms with Gasteiger partial charge in [0, 0.05) is 24.4 Å². The molecule has 0 heterocycles. The molecule has 4 nitrogen and oxygen atoms in total. The van der Waals surface area contributed by atoms with Crippen LogP contribution in [0.4, 0.5) is 0 Å². The van der Waals surface area contributed by atoms with Crippen molar-refractivity contribution in [2.75, 3.05) is 0 Å². The lowest BCUT2D eigenvalue weighted by Gasteiger charge is -2.62. The van der Waals surface area contributed by atoms with Gasteiger partial charge in [-0.05, 0) is 107 Å². The van der Waals surface area contributed by atoms with E-state index in [1.165, 1.54) is 6.42 Å². The van der Waals surface area contributed by atoms with E-state index < -0.39 is 13.7 Å². The molecule has 0 aliphatic heterocycles. The molecule has 0 aromatic rings. The maximum atomic E-state index is 12.8. The first-order valence-electron chi connectivity index (χ1n) is 14.3. The van der Waals surface area contributed by atoms with Crippen LogP contribution in [0.15, 0.2) is 0 Å². The zero-order valence-electron chi connectivity index (χ0n) is 24.3. The fourth-order valence-electron chi connectivity index (χ4n) is 8.20. The molecule has 0 aromatic carbocycles. The van der Waals surface area contributed by atoms with Gasteiger partial charge in [0.1, 0.15) is 11.9 Å². The third kappa shape index (κ3) is 4.60. The van der Waals surface area contributed by atoms with Gasteiger partial charge >= 0.3 is 5.97 Å². The van der Waals surface area contributed by atoms with Crippen molar-refractivity contribution in [2.45, 2.75) is 137 Å². The molecule has 4 aliphatic carbocycles. The molecule has 4 fully saturated rings. The largest absolute Gasteiger partial charge is 0.461 e. The predicted molar refractivity (Wildman–Crippen MR) is 144 cm³/mol. The van der Waals surface area contributed by atoms with Crippen molar-refractivity contribution >= 4 is 20.1 Å². The number of ketones is 1. The van der Waals surface area contributed by atoms with Gasteiger partial charge in [0.15, 0.2) is 8.32 Å². The van der Waals surface area contributed by atoms with Crippen molar-refractivity contribution in [1.29, 1.82) is 0 Å². The highest BCUT2D eigenvalue weighted by Crippen LogP contribution is 2.67. The second-order valence-corrected chi connectivity index (χ2v) is 20.4. The van der Waals surface area contributed by atoms with E-state index in [4.69, 9.17) is 9.16 Å². The molecule has 0 radical (unpaired) electrons. The Morgan fingerprint density at radius 2 is 1.54 bits per heavy atom. The van der Waals surface area contributed by atoms with Gasteiger partial charge in [-0.3, -0.25) is 9.59 Å². The molecule has 5 heteroatoms. The molecule has 0 unspecified atom stereocenters. The lowest BCUT2D eigenvalue weighted by atomic mass is 9.44. The second-order valence-electron chi connectivity index (χ2n) is 15.7. The van der Waals surface area contributed by atoms with Crippen molar-refractivity contribution in [1.82, 2.24) is 0 Å². The lowest BCUT2D eigenvalue weighted by molar-refractivity contribution is -0.180. The van der Waals surface area contributed by atoms with E-state index in [0.29, 0.717) is 35.9 Å². The molecular weight excluding hydrogens is 452 g/mol. The van der Waals surface area contributed by atoms with Crippen LogP contribution in [0.2, 0.25) is 18.1 Å². The molecule has 200 valence electrons. The summed E-state index contributed by atoms with van der Waals surface area (Å²) in [6.07, 6.45) is 8.17. The highest BCUT2D eigenvalue weighted by Gasteiger charge is 2.63. The van der Waals surface area contributed by atoms with Crippen molar-refractivity contribution in [3.63, 3.8) is 0 Å². The Bertz CT molecular complexity index is 851. The lowest BCUT2D eigenvalue weighted by Crippen LogP contribution is -2.60. The Labute approximate surface area is 215 Å².